The number of hydrogen-bond acceptors (Lipinski definition) is 5. The number of aromatic nitrogens is 3. The summed E-state index contributed by atoms with van der Waals surface area (Å²) in [5.41, 5.74) is 3.41. The summed E-state index contributed by atoms with van der Waals surface area (Å²) >= 11 is 1.55. The van der Waals surface area contributed by atoms with Crippen molar-refractivity contribution in [3.05, 3.63) is 54.5 Å². The Morgan fingerprint density at radius 1 is 1.10 bits per heavy atom. The fourth-order valence-electron chi connectivity index (χ4n) is 4.09. The zero-order valence-electron chi connectivity index (χ0n) is 16.6. The first-order valence-corrected chi connectivity index (χ1v) is 11.3. The molecule has 0 unspecified atom stereocenters. The van der Waals surface area contributed by atoms with E-state index in [-0.39, 0.29) is 5.82 Å². The molecule has 5 rings (SSSR count). The van der Waals surface area contributed by atoms with Crippen LogP contribution in [0.25, 0.3) is 32.6 Å². The van der Waals surface area contributed by atoms with E-state index < -0.39 is 0 Å². The molecule has 3 N–H and O–H groups in total. The molecule has 0 spiro atoms. The monoisotopic (exact) mass is 421 g/mol. The van der Waals surface area contributed by atoms with Gasteiger partial charge < -0.3 is 15.6 Å². The first kappa shape index (κ1) is 19.2. The lowest BCUT2D eigenvalue weighted by molar-refractivity contribution is 0.389. The number of H-pyrrole nitrogens is 1. The second-order valence-electron chi connectivity index (χ2n) is 7.72. The summed E-state index contributed by atoms with van der Waals surface area (Å²) in [6.45, 7) is 2.02. The number of fused-ring (bicyclic) bond motifs is 1. The molecule has 0 aliphatic carbocycles. The molecule has 0 saturated carbocycles. The normalized spacial score (nSPS) is 16.8. The molecule has 1 fully saturated rings. The lowest BCUT2D eigenvalue weighted by Gasteiger charge is -2.23. The summed E-state index contributed by atoms with van der Waals surface area (Å²) in [5, 5.41) is 18.3. The number of rotatable bonds is 6. The van der Waals surface area contributed by atoms with Crippen molar-refractivity contribution in [3.8, 4) is 21.7 Å². The number of nitrogens with one attached hydrogen (secondary N) is 3. The van der Waals surface area contributed by atoms with Crippen LogP contribution in [0.1, 0.15) is 25.7 Å². The topological polar surface area (TPSA) is 65.6 Å². The molecule has 2 aromatic carbocycles. The van der Waals surface area contributed by atoms with Gasteiger partial charge in [-0.3, -0.25) is 0 Å². The highest BCUT2D eigenvalue weighted by Gasteiger charge is 2.14. The summed E-state index contributed by atoms with van der Waals surface area (Å²) in [6.07, 6.45) is 6.81. The van der Waals surface area contributed by atoms with Crippen LogP contribution in [-0.4, -0.2) is 34.3 Å². The number of benzene rings is 2. The summed E-state index contributed by atoms with van der Waals surface area (Å²) in [7, 11) is 0. The Balaban J connectivity index is 1.34. The van der Waals surface area contributed by atoms with Crippen molar-refractivity contribution in [2.24, 2.45) is 0 Å². The van der Waals surface area contributed by atoms with Gasteiger partial charge in [-0.05, 0) is 50.1 Å². The minimum atomic E-state index is -0.223. The first-order valence-electron chi connectivity index (χ1n) is 10.4. The van der Waals surface area contributed by atoms with Gasteiger partial charge in [-0.15, -0.1) is 10.2 Å². The standard InChI is InChI=1S/C23H24FN5S/c24-20-7-2-1-6-17(20)19-14-27-21-9-8-15(13-18(19)21)22-28-29-23(30-22)26-12-10-16-5-3-4-11-25-16/h1-2,6-9,13-14,16,25,27H,3-5,10-12H2,(H,26,29)/t16-/m0/s1. The van der Waals surface area contributed by atoms with Crippen molar-refractivity contribution in [3.63, 3.8) is 0 Å². The quantitative estimate of drug-likeness (QED) is 0.388. The van der Waals surface area contributed by atoms with Crippen molar-refractivity contribution in [2.45, 2.75) is 31.7 Å². The number of piperidine rings is 1. The Kier molecular flexibility index (Phi) is 5.46. The second-order valence-corrected chi connectivity index (χ2v) is 8.69. The van der Waals surface area contributed by atoms with Gasteiger partial charge in [-0.2, -0.15) is 0 Å². The maximum atomic E-state index is 14.3. The van der Waals surface area contributed by atoms with E-state index in [1.54, 1.807) is 23.5 Å². The van der Waals surface area contributed by atoms with E-state index in [2.05, 4.69) is 31.9 Å². The van der Waals surface area contributed by atoms with Crippen LogP contribution in [0, 0.1) is 5.82 Å². The summed E-state index contributed by atoms with van der Waals surface area (Å²) in [6, 6.07) is 13.6. The highest BCUT2D eigenvalue weighted by atomic mass is 32.1. The molecule has 0 radical (unpaired) electrons. The summed E-state index contributed by atoms with van der Waals surface area (Å²) < 4.78 is 14.3. The van der Waals surface area contributed by atoms with Crippen molar-refractivity contribution in [1.29, 1.82) is 0 Å². The van der Waals surface area contributed by atoms with Crippen LogP contribution in [0.2, 0.25) is 0 Å². The van der Waals surface area contributed by atoms with Gasteiger partial charge in [0.25, 0.3) is 0 Å². The van der Waals surface area contributed by atoms with Gasteiger partial charge >= 0.3 is 0 Å². The van der Waals surface area contributed by atoms with E-state index in [9.17, 15) is 4.39 Å². The lowest BCUT2D eigenvalue weighted by Crippen LogP contribution is -2.35. The van der Waals surface area contributed by atoms with Crippen molar-refractivity contribution < 1.29 is 4.39 Å². The molecule has 1 aliphatic heterocycles. The highest BCUT2D eigenvalue weighted by Crippen LogP contribution is 2.34. The van der Waals surface area contributed by atoms with Gasteiger partial charge in [-0.25, -0.2) is 4.39 Å². The van der Waals surface area contributed by atoms with Crippen LogP contribution in [0.4, 0.5) is 9.52 Å². The van der Waals surface area contributed by atoms with Crippen molar-refractivity contribution >= 4 is 27.4 Å². The smallest absolute Gasteiger partial charge is 0.206 e. The zero-order valence-corrected chi connectivity index (χ0v) is 17.4. The third-order valence-electron chi connectivity index (χ3n) is 5.70. The molecule has 5 nitrogen and oxygen atoms in total. The molecule has 4 aromatic rings. The Bertz CT molecular complexity index is 1150. The Morgan fingerprint density at radius 3 is 2.90 bits per heavy atom. The third kappa shape index (κ3) is 3.95. The van der Waals surface area contributed by atoms with Gasteiger partial charge in [0.1, 0.15) is 10.8 Å². The molecular weight excluding hydrogens is 397 g/mol. The third-order valence-corrected chi connectivity index (χ3v) is 6.63. The first-order chi connectivity index (χ1) is 14.8. The van der Waals surface area contributed by atoms with E-state index in [1.165, 1.54) is 25.3 Å². The van der Waals surface area contributed by atoms with Crippen LogP contribution < -0.4 is 10.6 Å². The van der Waals surface area contributed by atoms with E-state index in [0.29, 0.717) is 11.6 Å². The Hall–Kier alpha value is -2.77. The van der Waals surface area contributed by atoms with E-state index in [0.717, 1.165) is 51.7 Å². The predicted molar refractivity (Wildman–Crippen MR) is 121 cm³/mol. The number of aromatic amines is 1. The maximum Gasteiger partial charge on any atom is 0.206 e. The minimum Gasteiger partial charge on any atom is -0.361 e. The number of halogens is 1. The average Bonchev–Trinajstić information content (AvgIpc) is 3.42. The van der Waals surface area contributed by atoms with Crippen molar-refractivity contribution in [2.75, 3.05) is 18.4 Å². The molecule has 30 heavy (non-hydrogen) atoms. The minimum absolute atomic E-state index is 0.223. The summed E-state index contributed by atoms with van der Waals surface area (Å²) in [5.74, 6) is -0.223. The summed E-state index contributed by atoms with van der Waals surface area (Å²) in [4.78, 5) is 3.24. The molecule has 1 atom stereocenters. The lowest BCUT2D eigenvalue weighted by atomic mass is 10.0. The van der Waals surface area contributed by atoms with Crippen LogP contribution in [0.15, 0.2) is 48.7 Å². The molecule has 0 amide bonds. The average molecular weight is 422 g/mol. The van der Waals surface area contributed by atoms with Gasteiger partial charge in [-0.1, -0.05) is 36.0 Å². The molecule has 154 valence electrons. The van der Waals surface area contributed by atoms with Gasteiger partial charge in [0.05, 0.1) is 0 Å². The van der Waals surface area contributed by atoms with E-state index in [1.807, 2.05) is 24.4 Å². The largest absolute Gasteiger partial charge is 0.361 e. The molecule has 2 aromatic heterocycles. The molecule has 0 bridgehead atoms. The number of nitrogens with zero attached hydrogens (tertiary/aromatic N) is 2. The fourth-order valence-corrected chi connectivity index (χ4v) is 4.86. The van der Waals surface area contributed by atoms with Gasteiger partial charge in [0, 0.05) is 46.4 Å². The second kappa shape index (κ2) is 8.53. The molecule has 7 heteroatoms. The van der Waals surface area contributed by atoms with Gasteiger partial charge in [0.15, 0.2) is 0 Å². The van der Waals surface area contributed by atoms with E-state index in [4.69, 9.17) is 0 Å². The molecular formula is C23H24FN5S. The number of anilines is 1. The molecule has 1 aliphatic rings. The van der Waals surface area contributed by atoms with Gasteiger partial charge in [0.2, 0.25) is 5.13 Å². The molecule has 1 saturated heterocycles. The van der Waals surface area contributed by atoms with Crippen LogP contribution in [0.3, 0.4) is 0 Å². The predicted octanol–water partition coefficient (Wildman–Crippen LogP) is 5.44. The Labute approximate surface area is 178 Å². The van der Waals surface area contributed by atoms with Crippen LogP contribution in [-0.2, 0) is 0 Å². The fraction of sp³-hybridized carbons (Fsp3) is 0.304. The van der Waals surface area contributed by atoms with Crippen LogP contribution >= 0.6 is 11.3 Å². The maximum absolute atomic E-state index is 14.3. The van der Waals surface area contributed by atoms with Crippen molar-refractivity contribution in [1.82, 2.24) is 20.5 Å². The highest BCUT2D eigenvalue weighted by molar-refractivity contribution is 7.18. The number of hydrogen-bond donors (Lipinski definition) is 3. The molecule has 3 heterocycles. The zero-order chi connectivity index (χ0) is 20.3. The Morgan fingerprint density at radius 2 is 2.03 bits per heavy atom. The van der Waals surface area contributed by atoms with Crippen LogP contribution in [0.5, 0.6) is 0 Å². The van der Waals surface area contributed by atoms with E-state index >= 15 is 0 Å². The SMILES string of the molecule is Fc1ccccc1-c1c[nH]c2ccc(-c3nnc(NCC[C@@H]4CCCCN4)s3)cc12.